The van der Waals surface area contributed by atoms with Crippen LogP contribution >= 0.6 is 0 Å². The zero-order valence-corrected chi connectivity index (χ0v) is 11.1. The molecule has 1 aromatic carbocycles. The molecule has 2 heterocycles. The molecule has 1 aromatic heterocycles. The Hall–Kier alpha value is -2.23. The summed E-state index contributed by atoms with van der Waals surface area (Å²) >= 11 is 0. The summed E-state index contributed by atoms with van der Waals surface area (Å²) in [5, 5.41) is 1.18. The van der Waals surface area contributed by atoms with Crippen LogP contribution in [-0.2, 0) is 0 Å². The van der Waals surface area contributed by atoms with Gasteiger partial charge in [0.05, 0.1) is 14.2 Å². The van der Waals surface area contributed by atoms with E-state index in [4.69, 9.17) is 9.47 Å². The zero-order valence-electron chi connectivity index (χ0n) is 11.1. The number of aromatic nitrogens is 1. The molecule has 1 aliphatic rings. The Labute approximate surface area is 111 Å². The molecule has 0 aliphatic carbocycles. The van der Waals surface area contributed by atoms with Gasteiger partial charge in [0, 0.05) is 23.5 Å². The minimum absolute atomic E-state index is 0.739. The lowest BCUT2D eigenvalue weighted by Crippen LogP contribution is -2.27. The Morgan fingerprint density at radius 2 is 2.00 bits per heavy atom. The molecule has 19 heavy (non-hydrogen) atoms. The summed E-state index contributed by atoms with van der Waals surface area (Å²) in [4.78, 5) is 7.69. The van der Waals surface area contributed by atoms with Gasteiger partial charge in [0.25, 0.3) is 0 Å². The second-order valence-corrected chi connectivity index (χ2v) is 4.41. The number of nitrogens with one attached hydrogen (secondary N) is 1. The third kappa shape index (κ3) is 1.99. The van der Waals surface area contributed by atoms with Crippen LogP contribution in [0.15, 0.2) is 29.4 Å². The summed E-state index contributed by atoms with van der Waals surface area (Å²) in [5.74, 6) is 1.48. The van der Waals surface area contributed by atoms with E-state index >= 15 is 0 Å². The van der Waals surface area contributed by atoms with Crippen LogP contribution in [0.5, 0.6) is 11.5 Å². The maximum Gasteiger partial charge on any atom is 0.161 e. The van der Waals surface area contributed by atoms with Gasteiger partial charge in [0.1, 0.15) is 5.49 Å². The van der Waals surface area contributed by atoms with Gasteiger partial charge in [-0.05, 0) is 24.1 Å². The van der Waals surface area contributed by atoms with Crippen LogP contribution in [0.2, 0.25) is 0 Å². The number of H-pyrrole nitrogens is 1. The van der Waals surface area contributed by atoms with E-state index in [0.717, 1.165) is 41.1 Å². The van der Waals surface area contributed by atoms with Crippen molar-refractivity contribution in [1.82, 2.24) is 4.98 Å². The highest BCUT2D eigenvalue weighted by Crippen LogP contribution is 2.30. The topological polar surface area (TPSA) is 46.6 Å². The molecule has 98 valence electrons. The molecule has 3 rings (SSSR count). The second-order valence-electron chi connectivity index (χ2n) is 4.41. The highest BCUT2D eigenvalue weighted by molar-refractivity contribution is 5.68. The molecular formula is C15H16N2O2. The molecular weight excluding hydrogens is 240 g/mol. The number of aromatic amines is 1. The standard InChI is InChI=1S/C15H16N2O2/c1-18-13-6-5-10(8-14(13)19-2)12-9-17-15-11(12)4-3-7-16-15/h4-6,8-9H,3,7H2,1-2H3,(H,16,17). The zero-order chi connectivity index (χ0) is 13.2. The number of ether oxygens (including phenoxy) is 2. The third-order valence-corrected chi connectivity index (χ3v) is 3.34. The second kappa shape index (κ2) is 4.80. The van der Waals surface area contributed by atoms with Gasteiger partial charge in [-0.15, -0.1) is 0 Å². The molecule has 4 heteroatoms. The largest absolute Gasteiger partial charge is 0.493 e. The molecule has 1 N–H and O–H groups in total. The van der Waals surface area contributed by atoms with Crippen molar-refractivity contribution in [3.05, 3.63) is 35.1 Å². The molecule has 2 aromatic rings. The van der Waals surface area contributed by atoms with Gasteiger partial charge in [-0.3, -0.25) is 4.99 Å². The normalized spacial score (nSPS) is 13.2. The van der Waals surface area contributed by atoms with Gasteiger partial charge in [0.15, 0.2) is 11.5 Å². The maximum absolute atomic E-state index is 5.35. The average molecular weight is 256 g/mol. The van der Waals surface area contributed by atoms with E-state index < -0.39 is 0 Å². The van der Waals surface area contributed by atoms with Crippen molar-refractivity contribution in [2.45, 2.75) is 6.42 Å². The van der Waals surface area contributed by atoms with Crippen LogP contribution < -0.4 is 20.2 Å². The van der Waals surface area contributed by atoms with Crippen LogP contribution in [0.4, 0.5) is 0 Å². The lowest BCUT2D eigenvalue weighted by atomic mass is 10.1. The molecule has 0 bridgehead atoms. The average Bonchev–Trinajstić information content (AvgIpc) is 2.90. The fraction of sp³-hybridized carbons (Fsp3) is 0.267. The molecule has 0 amide bonds. The monoisotopic (exact) mass is 256 g/mol. The van der Waals surface area contributed by atoms with Crippen LogP contribution in [0.1, 0.15) is 6.42 Å². The lowest BCUT2D eigenvalue weighted by Gasteiger charge is -2.09. The van der Waals surface area contributed by atoms with Crippen molar-refractivity contribution < 1.29 is 9.47 Å². The number of methoxy groups -OCH3 is 2. The predicted molar refractivity (Wildman–Crippen MR) is 74.1 cm³/mol. The molecule has 0 fully saturated rings. The summed E-state index contributed by atoms with van der Waals surface area (Å²) in [6.45, 7) is 0.860. The quantitative estimate of drug-likeness (QED) is 0.904. The number of hydrogen-bond donors (Lipinski definition) is 1. The highest BCUT2D eigenvalue weighted by atomic mass is 16.5. The minimum atomic E-state index is 0.739. The van der Waals surface area contributed by atoms with Gasteiger partial charge in [0.2, 0.25) is 0 Å². The van der Waals surface area contributed by atoms with Gasteiger partial charge in [-0.25, -0.2) is 0 Å². The first-order valence-corrected chi connectivity index (χ1v) is 6.28. The van der Waals surface area contributed by atoms with E-state index in [9.17, 15) is 0 Å². The Morgan fingerprint density at radius 1 is 1.16 bits per heavy atom. The van der Waals surface area contributed by atoms with Crippen molar-refractivity contribution in [2.75, 3.05) is 20.8 Å². The fourth-order valence-electron chi connectivity index (χ4n) is 2.39. The number of nitrogens with zero attached hydrogens (tertiary/aromatic N) is 1. The molecule has 0 spiro atoms. The first-order chi connectivity index (χ1) is 9.33. The van der Waals surface area contributed by atoms with Crippen molar-refractivity contribution in [1.29, 1.82) is 0 Å². The van der Waals surface area contributed by atoms with Gasteiger partial charge >= 0.3 is 0 Å². The summed E-state index contributed by atoms with van der Waals surface area (Å²) in [5.41, 5.74) is 3.22. The van der Waals surface area contributed by atoms with E-state index in [0.29, 0.717) is 0 Å². The highest BCUT2D eigenvalue weighted by Gasteiger charge is 2.09. The summed E-state index contributed by atoms with van der Waals surface area (Å²) < 4.78 is 10.6. The van der Waals surface area contributed by atoms with Gasteiger partial charge in [-0.2, -0.15) is 0 Å². The van der Waals surface area contributed by atoms with Crippen LogP contribution in [0.3, 0.4) is 0 Å². The Morgan fingerprint density at radius 3 is 2.79 bits per heavy atom. The number of benzene rings is 1. The number of hydrogen-bond acceptors (Lipinski definition) is 3. The SMILES string of the molecule is COc1ccc(-c2c[nH]c3c2=CCCN=3)cc1OC. The fourth-order valence-corrected chi connectivity index (χ4v) is 2.39. The smallest absolute Gasteiger partial charge is 0.161 e. The third-order valence-electron chi connectivity index (χ3n) is 3.34. The van der Waals surface area contributed by atoms with E-state index in [2.05, 4.69) is 16.1 Å². The van der Waals surface area contributed by atoms with Crippen LogP contribution in [-0.4, -0.2) is 25.7 Å². The van der Waals surface area contributed by atoms with Crippen molar-refractivity contribution in [3.63, 3.8) is 0 Å². The van der Waals surface area contributed by atoms with Crippen LogP contribution in [0.25, 0.3) is 17.2 Å². The number of fused-ring (bicyclic) bond motifs is 1. The first kappa shape index (κ1) is 11.8. The van der Waals surface area contributed by atoms with E-state index in [-0.39, 0.29) is 0 Å². The molecule has 0 saturated heterocycles. The van der Waals surface area contributed by atoms with E-state index in [1.165, 1.54) is 5.22 Å². The lowest BCUT2D eigenvalue weighted by molar-refractivity contribution is 0.355. The Kier molecular flexibility index (Phi) is 2.99. The van der Waals surface area contributed by atoms with Crippen molar-refractivity contribution in [2.24, 2.45) is 4.99 Å². The Bertz CT molecular complexity index is 716. The summed E-state index contributed by atoms with van der Waals surface area (Å²) in [6, 6.07) is 5.95. The molecule has 1 aliphatic heterocycles. The predicted octanol–water partition coefficient (Wildman–Crippen LogP) is 1.50. The minimum Gasteiger partial charge on any atom is -0.493 e. The molecule has 0 saturated carbocycles. The van der Waals surface area contributed by atoms with E-state index in [1.54, 1.807) is 14.2 Å². The van der Waals surface area contributed by atoms with Crippen molar-refractivity contribution >= 4 is 6.08 Å². The van der Waals surface area contributed by atoms with Gasteiger partial charge < -0.3 is 14.5 Å². The molecule has 0 radical (unpaired) electrons. The molecule has 0 atom stereocenters. The molecule has 0 unspecified atom stereocenters. The van der Waals surface area contributed by atoms with Crippen LogP contribution in [0, 0.1) is 0 Å². The maximum atomic E-state index is 5.35. The first-order valence-electron chi connectivity index (χ1n) is 6.28. The van der Waals surface area contributed by atoms with Crippen molar-refractivity contribution in [3.8, 4) is 22.6 Å². The summed E-state index contributed by atoms with van der Waals surface area (Å²) in [6.07, 6.45) is 5.22. The summed E-state index contributed by atoms with van der Waals surface area (Å²) in [7, 11) is 3.29. The van der Waals surface area contributed by atoms with Gasteiger partial charge in [-0.1, -0.05) is 12.1 Å². The number of rotatable bonds is 3. The van der Waals surface area contributed by atoms with E-state index in [1.807, 2.05) is 24.4 Å². The molecule has 4 nitrogen and oxygen atoms in total. The Balaban J connectivity index is 2.16.